The molecule has 6 aliphatic rings. The molecule has 10 nitrogen and oxygen atoms in total. The standard InChI is InChI=1S/C28H32FN7O3/c29-27-23-2-1-3-24(27)39-22-6-10-35(11-7-22)17-26(38)31-9-5-20-13-21(37)16-36(20)28-32-14-19(15-33-28)18-4-8-30-25(12-18)34-23/h1-4,8,12,14-15,20-22,37H,5-7,9-11,13,16-17H2,(H,30,34)(H,31,38). The summed E-state index contributed by atoms with van der Waals surface area (Å²) in [5.74, 6) is 0.720. The van der Waals surface area contributed by atoms with E-state index in [-0.39, 0.29) is 29.5 Å². The van der Waals surface area contributed by atoms with Crippen molar-refractivity contribution >= 4 is 23.4 Å². The van der Waals surface area contributed by atoms with Gasteiger partial charge in [-0.1, -0.05) is 6.07 Å². The zero-order valence-electron chi connectivity index (χ0n) is 21.6. The summed E-state index contributed by atoms with van der Waals surface area (Å²) >= 11 is 0. The van der Waals surface area contributed by atoms with Gasteiger partial charge in [0.15, 0.2) is 11.6 Å². The number of aromatic nitrogens is 3. The van der Waals surface area contributed by atoms with Gasteiger partial charge in [0, 0.05) is 56.4 Å². The number of rotatable bonds is 0. The number of ether oxygens (including phenoxy) is 1. The van der Waals surface area contributed by atoms with Crippen molar-refractivity contribution in [3.05, 3.63) is 54.7 Å². The van der Waals surface area contributed by atoms with Crippen LogP contribution in [0.5, 0.6) is 5.75 Å². The van der Waals surface area contributed by atoms with E-state index < -0.39 is 11.9 Å². The molecule has 2 fully saturated rings. The monoisotopic (exact) mass is 533 g/mol. The molecule has 8 bridgehead atoms. The number of hydrogen-bond donors (Lipinski definition) is 3. The van der Waals surface area contributed by atoms with Crippen molar-refractivity contribution < 1.29 is 19.0 Å². The number of pyridine rings is 1. The molecule has 2 saturated heterocycles. The van der Waals surface area contributed by atoms with Crippen LogP contribution in [0.15, 0.2) is 48.9 Å². The number of hydrogen-bond acceptors (Lipinski definition) is 9. The van der Waals surface area contributed by atoms with Crippen molar-refractivity contribution in [2.24, 2.45) is 0 Å². The molecule has 2 unspecified atom stereocenters. The molecule has 0 aliphatic carbocycles. The summed E-state index contributed by atoms with van der Waals surface area (Å²) in [5, 5.41) is 16.4. The number of carbonyl (C=O) groups excluding carboxylic acids is 1. The van der Waals surface area contributed by atoms with E-state index in [0.717, 1.165) is 11.1 Å². The fourth-order valence-electron chi connectivity index (χ4n) is 5.55. The number of piperidine rings is 1. The number of amides is 1. The highest BCUT2D eigenvalue weighted by Gasteiger charge is 2.32. The summed E-state index contributed by atoms with van der Waals surface area (Å²) in [7, 11) is 0. The zero-order chi connectivity index (χ0) is 26.8. The number of aliphatic hydroxyl groups excluding tert-OH is 1. The fraction of sp³-hybridized carbons (Fsp3) is 0.429. The summed E-state index contributed by atoms with van der Waals surface area (Å²) in [6, 6.07) is 8.73. The first-order valence-electron chi connectivity index (χ1n) is 13.5. The van der Waals surface area contributed by atoms with Gasteiger partial charge in [-0.25, -0.2) is 19.3 Å². The molecule has 9 rings (SSSR count). The Labute approximate surface area is 226 Å². The van der Waals surface area contributed by atoms with Gasteiger partial charge >= 0.3 is 0 Å². The number of benzene rings is 1. The molecule has 2 atom stereocenters. The Morgan fingerprint density at radius 3 is 2.69 bits per heavy atom. The van der Waals surface area contributed by atoms with Crippen molar-refractivity contribution in [2.75, 3.05) is 42.9 Å². The molecule has 204 valence electrons. The Bertz CT molecular complexity index is 1320. The lowest BCUT2D eigenvalue weighted by molar-refractivity contribution is -0.122. The second-order valence-corrected chi connectivity index (χ2v) is 10.4. The summed E-state index contributed by atoms with van der Waals surface area (Å²) in [6.07, 6.45) is 7.24. The Kier molecular flexibility index (Phi) is 7.25. The van der Waals surface area contributed by atoms with Crippen LogP contribution in [0.1, 0.15) is 25.7 Å². The van der Waals surface area contributed by atoms with Gasteiger partial charge in [0.05, 0.1) is 18.3 Å². The van der Waals surface area contributed by atoms with Gasteiger partial charge in [-0.3, -0.25) is 9.69 Å². The van der Waals surface area contributed by atoms with Crippen LogP contribution in [0.3, 0.4) is 0 Å². The topological polar surface area (TPSA) is 116 Å². The van der Waals surface area contributed by atoms with E-state index in [1.54, 1.807) is 36.8 Å². The molecule has 39 heavy (non-hydrogen) atoms. The first kappa shape index (κ1) is 25.4. The van der Waals surface area contributed by atoms with E-state index >= 15 is 4.39 Å². The predicted molar refractivity (Wildman–Crippen MR) is 144 cm³/mol. The predicted octanol–water partition coefficient (Wildman–Crippen LogP) is 2.72. The van der Waals surface area contributed by atoms with Crippen LogP contribution in [0.4, 0.5) is 21.8 Å². The molecular weight excluding hydrogens is 501 g/mol. The van der Waals surface area contributed by atoms with Crippen LogP contribution < -0.4 is 20.3 Å². The maximum atomic E-state index is 15.4. The molecule has 3 N–H and O–H groups in total. The van der Waals surface area contributed by atoms with Gasteiger partial charge in [0.2, 0.25) is 11.9 Å². The third-order valence-corrected chi connectivity index (χ3v) is 7.60. The number of aliphatic hydroxyl groups is 1. The molecular formula is C28H32FN7O3. The highest BCUT2D eigenvalue weighted by Crippen LogP contribution is 2.31. The van der Waals surface area contributed by atoms with Crippen LogP contribution in [0.2, 0.25) is 0 Å². The second kappa shape index (κ2) is 11.1. The summed E-state index contributed by atoms with van der Waals surface area (Å²) in [4.78, 5) is 30.2. The number of nitrogens with zero attached hydrogens (tertiary/aromatic N) is 5. The Hall–Kier alpha value is -3.83. The van der Waals surface area contributed by atoms with E-state index in [9.17, 15) is 9.90 Å². The highest BCUT2D eigenvalue weighted by molar-refractivity contribution is 5.78. The highest BCUT2D eigenvalue weighted by atomic mass is 19.1. The largest absolute Gasteiger partial charge is 0.487 e. The van der Waals surface area contributed by atoms with Crippen LogP contribution in [-0.4, -0.2) is 81.8 Å². The quantitative estimate of drug-likeness (QED) is 0.401. The Morgan fingerprint density at radius 1 is 1.05 bits per heavy atom. The maximum Gasteiger partial charge on any atom is 0.234 e. The lowest BCUT2D eigenvalue weighted by atomic mass is 10.1. The maximum absolute atomic E-state index is 15.4. The van der Waals surface area contributed by atoms with Crippen LogP contribution in [0, 0.1) is 5.82 Å². The van der Waals surface area contributed by atoms with Crippen molar-refractivity contribution in [1.82, 2.24) is 25.2 Å². The minimum Gasteiger partial charge on any atom is -0.487 e. The van der Waals surface area contributed by atoms with Gasteiger partial charge in [-0.05, 0) is 55.5 Å². The van der Waals surface area contributed by atoms with Crippen LogP contribution >= 0.6 is 0 Å². The average Bonchev–Trinajstić information content (AvgIpc) is 3.32. The molecule has 3 aromatic rings. The summed E-state index contributed by atoms with van der Waals surface area (Å²) in [5.41, 5.74) is 1.89. The molecule has 6 aliphatic heterocycles. The first-order chi connectivity index (χ1) is 19.0. The van der Waals surface area contributed by atoms with Crippen molar-refractivity contribution in [1.29, 1.82) is 0 Å². The molecule has 1 amide bonds. The summed E-state index contributed by atoms with van der Waals surface area (Å²) < 4.78 is 21.4. The van der Waals surface area contributed by atoms with Crippen molar-refractivity contribution in [2.45, 2.75) is 43.9 Å². The smallest absolute Gasteiger partial charge is 0.234 e. The molecule has 11 heteroatoms. The molecule has 0 radical (unpaired) electrons. The van der Waals surface area contributed by atoms with Gasteiger partial charge < -0.3 is 25.4 Å². The van der Waals surface area contributed by atoms with Gasteiger partial charge in [-0.2, -0.15) is 0 Å². The molecule has 2 aromatic heterocycles. The molecule has 1 aromatic carbocycles. The van der Waals surface area contributed by atoms with E-state index in [1.165, 1.54) is 0 Å². The van der Waals surface area contributed by atoms with E-state index in [4.69, 9.17) is 4.74 Å². The number of nitrogens with one attached hydrogen (secondary N) is 2. The van der Waals surface area contributed by atoms with E-state index in [2.05, 4.69) is 30.5 Å². The minimum absolute atomic E-state index is 0.0290. The Morgan fingerprint density at radius 2 is 1.87 bits per heavy atom. The van der Waals surface area contributed by atoms with Gasteiger partial charge in [0.1, 0.15) is 11.9 Å². The lowest BCUT2D eigenvalue weighted by Crippen LogP contribution is -2.44. The molecule has 0 spiro atoms. The SMILES string of the molecule is O=C1CN2CCC(CC2)Oc2cccc(c2F)Nc2cc(ccn2)-c2cnc(nc2)N2CC(O)CC2CCN1. The zero-order valence-corrected chi connectivity index (χ0v) is 21.6. The van der Waals surface area contributed by atoms with Crippen LogP contribution in [-0.2, 0) is 4.79 Å². The third kappa shape index (κ3) is 5.79. The lowest BCUT2D eigenvalue weighted by Gasteiger charge is -2.32. The Balaban J connectivity index is 1.29. The van der Waals surface area contributed by atoms with E-state index in [1.807, 2.05) is 17.0 Å². The molecule has 8 heterocycles. The number of anilines is 3. The van der Waals surface area contributed by atoms with E-state index in [0.29, 0.717) is 70.2 Å². The number of carbonyl (C=O) groups is 1. The first-order valence-corrected chi connectivity index (χ1v) is 13.5. The molecule has 0 saturated carbocycles. The summed E-state index contributed by atoms with van der Waals surface area (Å²) in [6.45, 7) is 2.66. The fourth-order valence-corrected chi connectivity index (χ4v) is 5.55. The normalized spacial score (nSPS) is 25.4. The van der Waals surface area contributed by atoms with Gasteiger partial charge in [0.25, 0.3) is 0 Å². The van der Waals surface area contributed by atoms with Crippen molar-refractivity contribution in [3.8, 4) is 16.9 Å². The average molecular weight is 534 g/mol. The third-order valence-electron chi connectivity index (χ3n) is 7.60. The number of halogens is 1. The van der Waals surface area contributed by atoms with Crippen LogP contribution in [0.25, 0.3) is 11.1 Å². The minimum atomic E-state index is -0.472. The van der Waals surface area contributed by atoms with Gasteiger partial charge in [-0.15, -0.1) is 0 Å². The van der Waals surface area contributed by atoms with Crippen molar-refractivity contribution in [3.63, 3.8) is 0 Å². The second-order valence-electron chi connectivity index (χ2n) is 10.4.